The van der Waals surface area contributed by atoms with Crippen molar-refractivity contribution in [2.24, 2.45) is 17.4 Å². The number of halogens is 2. The Morgan fingerprint density at radius 3 is 2.74 bits per heavy atom. The minimum absolute atomic E-state index is 0.00588. The van der Waals surface area contributed by atoms with Crippen molar-refractivity contribution in [3.8, 4) is 11.5 Å². The molecule has 35 heavy (non-hydrogen) atoms. The number of aliphatic hydroxyl groups excluding tert-OH is 1. The van der Waals surface area contributed by atoms with Crippen LogP contribution in [0.25, 0.3) is 17.2 Å². The summed E-state index contributed by atoms with van der Waals surface area (Å²) in [6.45, 7) is 2.15. The largest absolute Gasteiger partial charge is 0.400 e. The monoisotopic (exact) mass is 482 g/mol. The number of nitrogens with one attached hydrogen (secondary N) is 1. The Hall–Kier alpha value is -3.70. The van der Waals surface area contributed by atoms with Crippen molar-refractivity contribution in [3.05, 3.63) is 77.2 Å². The smallest absolute Gasteiger partial charge is 0.178 e. The molecule has 0 bridgehead atoms. The van der Waals surface area contributed by atoms with Gasteiger partial charge in [0, 0.05) is 11.4 Å². The molecule has 1 aliphatic carbocycles. The Morgan fingerprint density at radius 2 is 2.06 bits per heavy atom. The highest BCUT2D eigenvalue weighted by Crippen LogP contribution is 2.42. The van der Waals surface area contributed by atoms with Crippen LogP contribution in [0, 0.1) is 17.6 Å². The van der Waals surface area contributed by atoms with Gasteiger partial charge in [0.15, 0.2) is 5.82 Å². The van der Waals surface area contributed by atoms with Gasteiger partial charge in [0.1, 0.15) is 29.2 Å². The van der Waals surface area contributed by atoms with Gasteiger partial charge >= 0.3 is 0 Å². The number of aromatic nitrogens is 5. The van der Waals surface area contributed by atoms with Crippen molar-refractivity contribution >= 4 is 5.70 Å². The summed E-state index contributed by atoms with van der Waals surface area (Å²) in [7, 11) is 1.77. The maximum Gasteiger partial charge on any atom is 0.178 e. The molecule has 9 nitrogen and oxygen atoms in total. The lowest BCUT2D eigenvalue weighted by Gasteiger charge is -2.40. The van der Waals surface area contributed by atoms with E-state index in [-0.39, 0.29) is 30.3 Å². The molecule has 0 fully saturated rings. The number of nitrogens with two attached hydrogens (primary N) is 2. The third-order valence-corrected chi connectivity index (χ3v) is 6.47. The number of hydrogen-bond donors (Lipinski definition) is 4. The molecule has 184 valence electrons. The van der Waals surface area contributed by atoms with E-state index in [9.17, 15) is 13.9 Å². The van der Waals surface area contributed by atoms with Gasteiger partial charge in [-0.2, -0.15) is 5.10 Å². The molecule has 6 N–H and O–H groups in total. The summed E-state index contributed by atoms with van der Waals surface area (Å²) in [4.78, 5) is 13.4. The van der Waals surface area contributed by atoms with E-state index in [1.165, 1.54) is 12.4 Å². The Kier molecular flexibility index (Phi) is 6.90. The topological polar surface area (TPSA) is 141 Å². The molecule has 1 aliphatic rings. The molecule has 2 heterocycles. The first-order chi connectivity index (χ1) is 16.8. The van der Waals surface area contributed by atoms with Gasteiger partial charge in [-0.1, -0.05) is 13.0 Å². The van der Waals surface area contributed by atoms with Crippen LogP contribution in [-0.4, -0.2) is 43.5 Å². The molecule has 0 saturated heterocycles. The lowest BCUT2D eigenvalue weighted by molar-refractivity contribution is 0.270. The fourth-order valence-electron chi connectivity index (χ4n) is 4.52. The lowest BCUT2D eigenvalue weighted by atomic mass is 9.73. The number of nitrogens with zero attached hydrogens (tertiary/aromatic N) is 5. The zero-order valence-electron chi connectivity index (χ0n) is 19.5. The minimum atomic E-state index is -0.892. The maximum absolute atomic E-state index is 14.3. The van der Waals surface area contributed by atoms with Gasteiger partial charge in [0.05, 0.1) is 36.8 Å². The van der Waals surface area contributed by atoms with Gasteiger partial charge < -0.3 is 21.9 Å². The molecule has 0 saturated carbocycles. The van der Waals surface area contributed by atoms with Gasteiger partial charge in [0.2, 0.25) is 0 Å². The molecule has 4 rings (SSSR count). The van der Waals surface area contributed by atoms with Gasteiger partial charge in [-0.05, 0) is 49.6 Å². The fraction of sp³-hybridized carbons (Fsp3) is 0.333. The molecule has 0 radical (unpaired) electrons. The van der Waals surface area contributed by atoms with E-state index in [2.05, 4.69) is 20.4 Å². The summed E-state index contributed by atoms with van der Waals surface area (Å²) >= 11 is 0. The summed E-state index contributed by atoms with van der Waals surface area (Å²) in [6, 6.07) is 3.61. The first kappa shape index (κ1) is 24.4. The molecular formula is C24H28F2N8O. The molecule has 11 heteroatoms. The predicted molar refractivity (Wildman–Crippen MR) is 127 cm³/mol. The Bertz CT molecular complexity index is 1270. The Morgan fingerprint density at radius 1 is 1.31 bits per heavy atom. The first-order valence-electron chi connectivity index (χ1n) is 11.2. The van der Waals surface area contributed by atoms with E-state index < -0.39 is 17.2 Å². The summed E-state index contributed by atoms with van der Waals surface area (Å²) in [6.07, 6.45) is 7.45. The molecule has 3 aromatic rings. The fourth-order valence-corrected chi connectivity index (χ4v) is 4.52. The first-order valence-corrected chi connectivity index (χ1v) is 11.2. The zero-order valence-corrected chi connectivity index (χ0v) is 19.5. The van der Waals surface area contributed by atoms with Crippen molar-refractivity contribution in [1.82, 2.24) is 30.0 Å². The molecule has 0 aliphatic heterocycles. The van der Waals surface area contributed by atoms with Crippen LogP contribution in [-0.2, 0) is 12.1 Å². The quantitative estimate of drug-likeness (QED) is 0.401. The second kappa shape index (κ2) is 9.88. The molecule has 1 unspecified atom stereocenters. The van der Waals surface area contributed by atoms with Gasteiger partial charge in [-0.15, -0.1) is 0 Å². The predicted octanol–water partition coefficient (Wildman–Crippen LogP) is 2.06. The number of rotatable bonds is 7. The third kappa shape index (κ3) is 4.40. The second-order valence-corrected chi connectivity index (χ2v) is 8.48. The summed E-state index contributed by atoms with van der Waals surface area (Å²) in [5, 5.41) is 16.7. The highest BCUT2D eigenvalue weighted by molar-refractivity contribution is 5.67. The van der Waals surface area contributed by atoms with E-state index in [1.807, 2.05) is 6.92 Å². The zero-order chi connectivity index (χ0) is 25.2. The van der Waals surface area contributed by atoms with Crippen LogP contribution in [0.4, 0.5) is 8.78 Å². The molecule has 0 amide bonds. The Balaban J connectivity index is 1.82. The maximum atomic E-state index is 14.3. The molecule has 2 aromatic heterocycles. The molecule has 0 spiro atoms. The summed E-state index contributed by atoms with van der Waals surface area (Å²) < 4.78 is 30.2. The average Bonchev–Trinajstić information content (AvgIpc) is 3.31. The Labute approximate surface area is 201 Å². The van der Waals surface area contributed by atoms with Crippen molar-refractivity contribution < 1.29 is 13.9 Å². The molecule has 2 atom stereocenters. The van der Waals surface area contributed by atoms with E-state index in [4.69, 9.17) is 16.5 Å². The summed E-state index contributed by atoms with van der Waals surface area (Å²) in [5.41, 5.74) is 13.8. The van der Waals surface area contributed by atoms with E-state index in [1.54, 1.807) is 30.2 Å². The van der Waals surface area contributed by atoms with E-state index in [0.717, 1.165) is 12.1 Å². The molecule has 1 aromatic carbocycles. The van der Waals surface area contributed by atoms with E-state index >= 15 is 0 Å². The van der Waals surface area contributed by atoms with Gasteiger partial charge in [-0.3, -0.25) is 4.98 Å². The van der Waals surface area contributed by atoms with Crippen LogP contribution in [0.1, 0.15) is 31.0 Å². The number of benzene rings is 1. The normalized spacial score (nSPS) is 20.9. The number of allylic oxidation sites excluding steroid dienone is 2. The standard InChI is InChI=1S/C24H28F2N8O/c1-14-6-7-24(29-2,20-12-30-11-19(33-20)23-31-13-32-34(23)8-9-35)22(28)15(14)10-18(27)21-16(25)4-3-5-17(21)26/h3-5,10-14,29,35H,6-9,27-28H2,1-2H3/b18-10-/t14?,24-/m0/s1. The second-order valence-electron chi connectivity index (χ2n) is 8.48. The number of hydrogen-bond acceptors (Lipinski definition) is 8. The SMILES string of the molecule is CN[C@]1(c2cncc(-c3ncnn3CCO)n2)CCC(C)C(/C=C(\N)c2c(F)cccc2F)=C1N. The number of likely N-dealkylation sites (N-methyl/N-ethyl adjacent to an activating group) is 1. The van der Waals surface area contributed by atoms with Crippen LogP contribution in [0.2, 0.25) is 0 Å². The highest BCUT2D eigenvalue weighted by Gasteiger charge is 2.41. The van der Waals surface area contributed by atoms with Crippen molar-refractivity contribution in [1.29, 1.82) is 0 Å². The van der Waals surface area contributed by atoms with Crippen molar-refractivity contribution in [2.75, 3.05) is 13.7 Å². The van der Waals surface area contributed by atoms with Gasteiger partial charge in [-0.25, -0.2) is 23.4 Å². The van der Waals surface area contributed by atoms with Crippen LogP contribution in [0.15, 0.2) is 54.3 Å². The van der Waals surface area contributed by atoms with Crippen LogP contribution < -0.4 is 16.8 Å². The van der Waals surface area contributed by atoms with Gasteiger partial charge in [0.25, 0.3) is 0 Å². The number of aliphatic hydroxyl groups is 1. The van der Waals surface area contributed by atoms with Crippen LogP contribution in [0.5, 0.6) is 0 Å². The lowest BCUT2D eigenvalue weighted by Crippen LogP contribution is -2.48. The average molecular weight is 483 g/mol. The van der Waals surface area contributed by atoms with E-state index in [0.29, 0.717) is 41.3 Å². The molecular weight excluding hydrogens is 454 g/mol. The van der Waals surface area contributed by atoms with Crippen molar-refractivity contribution in [3.63, 3.8) is 0 Å². The van der Waals surface area contributed by atoms with Crippen molar-refractivity contribution in [2.45, 2.75) is 31.8 Å². The minimum Gasteiger partial charge on any atom is -0.400 e. The van der Waals surface area contributed by atoms with Crippen LogP contribution in [0.3, 0.4) is 0 Å². The third-order valence-electron chi connectivity index (χ3n) is 6.47. The summed E-state index contributed by atoms with van der Waals surface area (Å²) in [5.74, 6) is -1.03. The van der Waals surface area contributed by atoms with Crippen LogP contribution >= 0.6 is 0 Å². The highest BCUT2D eigenvalue weighted by atomic mass is 19.1.